The highest BCUT2D eigenvalue weighted by molar-refractivity contribution is 5.75. The molecule has 0 rings (SSSR count). The molecular weight excluding hydrogens is 186 g/mol. The summed E-state index contributed by atoms with van der Waals surface area (Å²) in [4.78, 5) is 21.2. The molecule has 0 aromatic rings. The van der Waals surface area contributed by atoms with Gasteiger partial charge < -0.3 is 21.1 Å². The Morgan fingerprint density at radius 1 is 1.43 bits per heavy atom. The van der Waals surface area contributed by atoms with Crippen molar-refractivity contribution in [3.8, 4) is 0 Å². The highest BCUT2D eigenvalue weighted by Crippen LogP contribution is 1.76. The Bertz CT molecular complexity index is 194. The van der Waals surface area contributed by atoms with E-state index in [1.54, 1.807) is 0 Å². The standard InChI is InChI=1S/C8H17N3O3/c1-6(2)11-8(13)10-3-4-14-5-7(9)12/h6H,3-5H2,1-2H3,(H2,9,12)(H2,10,11,13). The molecule has 0 atom stereocenters. The van der Waals surface area contributed by atoms with E-state index in [1.165, 1.54) is 0 Å². The lowest BCUT2D eigenvalue weighted by Crippen LogP contribution is -2.40. The summed E-state index contributed by atoms with van der Waals surface area (Å²) in [6.45, 7) is 4.24. The van der Waals surface area contributed by atoms with Crippen LogP contribution in [0.5, 0.6) is 0 Å². The van der Waals surface area contributed by atoms with Crippen LogP contribution in [0, 0.1) is 0 Å². The van der Waals surface area contributed by atoms with Gasteiger partial charge in [0.2, 0.25) is 5.91 Å². The first-order chi connectivity index (χ1) is 6.52. The number of carbonyl (C=O) groups is 2. The van der Waals surface area contributed by atoms with Crippen molar-refractivity contribution >= 4 is 11.9 Å². The largest absolute Gasteiger partial charge is 0.370 e. The number of hydrogen-bond donors (Lipinski definition) is 3. The molecule has 4 N–H and O–H groups in total. The summed E-state index contributed by atoms with van der Waals surface area (Å²) in [6, 6.07) is -0.149. The van der Waals surface area contributed by atoms with Gasteiger partial charge in [0.25, 0.3) is 0 Å². The maximum Gasteiger partial charge on any atom is 0.315 e. The average Bonchev–Trinajstić information content (AvgIpc) is 2.01. The summed E-state index contributed by atoms with van der Waals surface area (Å²) in [7, 11) is 0. The third-order valence-electron chi connectivity index (χ3n) is 1.20. The number of urea groups is 1. The SMILES string of the molecule is CC(C)NC(=O)NCCOCC(N)=O. The smallest absolute Gasteiger partial charge is 0.315 e. The fourth-order valence-corrected chi connectivity index (χ4v) is 0.723. The fraction of sp³-hybridized carbons (Fsp3) is 0.750. The number of nitrogens with two attached hydrogens (primary N) is 1. The van der Waals surface area contributed by atoms with Crippen molar-refractivity contribution in [3.63, 3.8) is 0 Å². The van der Waals surface area contributed by atoms with Gasteiger partial charge in [-0.25, -0.2) is 4.79 Å². The van der Waals surface area contributed by atoms with Gasteiger partial charge >= 0.3 is 6.03 Å². The molecule has 0 aromatic carbocycles. The third-order valence-corrected chi connectivity index (χ3v) is 1.20. The van der Waals surface area contributed by atoms with Crippen molar-refractivity contribution < 1.29 is 14.3 Å². The molecule has 0 aliphatic heterocycles. The molecule has 0 aliphatic rings. The topological polar surface area (TPSA) is 93.4 Å². The van der Waals surface area contributed by atoms with Crippen LogP contribution in [0.3, 0.4) is 0 Å². The van der Waals surface area contributed by atoms with Crippen molar-refractivity contribution in [2.45, 2.75) is 19.9 Å². The first-order valence-electron chi connectivity index (χ1n) is 4.42. The van der Waals surface area contributed by atoms with Gasteiger partial charge in [-0.1, -0.05) is 0 Å². The molecule has 0 aromatic heterocycles. The monoisotopic (exact) mass is 203 g/mol. The van der Waals surface area contributed by atoms with Crippen molar-refractivity contribution in [2.24, 2.45) is 5.73 Å². The molecule has 0 spiro atoms. The molecule has 0 radical (unpaired) electrons. The second-order valence-corrected chi connectivity index (χ2v) is 3.07. The average molecular weight is 203 g/mol. The molecule has 14 heavy (non-hydrogen) atoms. The summed E-state index contributed by atoms with van der Waals surface area (Å²) in [5.74, 6) is -0.517. The lowest BCUT2D eigenvalue weighted by molar-refractivity contribution is -0.122. The quantitative estimate of drug-likeness (QED) is 0.493. The number of carbonyl (C=O) groups excluding carboxylic acids is 2. The van der Waals surface area contributed by atoms with E-state index in [2.05, 4.69) is 10.6 Å². The van der Waals surface area contributed by atoms with Gasteiger partial charge in [-0.05, 0) is 13.8 Å². The zero-order valence-corrected chi connectivity index (χ0v) is 8.50. The Labute approximate surface area is 83.2 Å². The van der Waals surface area contributed by atoms with Crippen LogP contribution in [0.1, 0.15) is 13.8 Å². The van der Waals surface area contributed by atoms with Crippen LogP contribution < -0.4 is 16.4 Å². The molecule has 6 nitrogen and oxygen atoms in total. The molecule has 6 heteroatoms. The van der Waals surface area contributed by atoms with E-state index in [4.69, 9.17) is 10.5 Å². The molecule has 0 aliphatic carbocycles. The van der Waals surface area contributed by atoms with Crippen molar-refractivity contribution in [1.29, 1.82) is 0 Å². The molecule has 0 bridgehead atoms. The minimum Gasteiger partial charge on any atom is -0.370 e. The van der Waals surface area contributed by atoms with Crippen LogP contribution >= 0.6 is 0 Å². The second kappa shape index (κ2) is 7.14. The van der Waals surface area contributed by atoms with Crippen molar-refractivity contribution in [1.82, 2.24) is 10.6 Å². The zero-order valence-electron chi connectivity index (χ0n) is 8.50. The van der Waals surface area contributed by atoms with Crippen molar-refractivity contribution in [2.75, 3.05) is 19.8 Å². The number of amides is 3. The Kier molecular flexibility index (Phi) is 6.47. The maximum absolute atomic E-state index is 11.0. The minimum atomic E-state index is -0.517. The summed E-state index contributed by atoms with van der Waals surface area (Å²) in [5, 5.41) is 5.21. The zero-order chi connectivity index (χ0) is 11.0. The Balaban J connectivity index is 3.27. The Morgan fingerprint density at radius 3 is 2.57 bits per heavy atom. The first-order valence-corrected chi connectivity index (χ1v) is 4.42. The first kappa shape index (κ1) is 12.7. The van der Waals surface area contributed by atoms with Gasteiger partial charge in [0.15, 0.2) is 0 Å². The summed E-state index contributed by atoms with van der Waals surface area (Å²) in [6.07, 6.45) is 0. The maximum atomic E-state index is 11.0. The minimum absolute atomic E-state index is 0.0986. The molecular formula is C8H17N3O3. The van der Waals surface area contributed by atoms with Crippen LogP contribution in [-0.4, -0.2) is 37.7 Å². The van der Waals surface area contributed by atoms with E-state index in [0.29, 0.717) is 6.54 Å². The van der Waals surface area contributed by atoms with Crippen LogP contribution in [0.4, 0.5) is 4.79 Å². The van der Waals surface area contributed by atoms with Gasteiger partial charge in [-0.15, -0.1) is 0 Å². The highest BCUT2D eigenvalue weighted by Gasteiger charge is 2.00. The molecule has 3 amide bonds. The lowest BCUT2D eigenvalue weighted by Gasteiger charge is -2.09. The summed E-state index contributed by atoms with van der Waals surface area (Å²) in [5.41, 5.74) is 4.84. The van der Waals surface area contributed by atoms with E-state index >= 15 is 0 Å². The van der Waals surface area contributed by atoms with Gasteiger partial charge in [0.05, 0.1) is 6.61 Å². The second-order valence-electron chi connectivity index (χ2n) is 3.07. The number of nitrogens with one attached hydrogen (secondary N) is 2. The number of ether oxygens (including phenoxy) is 1. The van der Waals surface area contributed by atoms with Gasteiger partial charge in [-0.2, -0.15) is 0 Å². The van der Waals surface area contributed by atoms with E-state index in [-0.39, 0.29) is 25.3 Å². The summed E-state index contributed by atoms with van der Waals surface area (Å²) >= 11 is 0. The van der Waals surface area contributed by atoms with Gasteiger partial charge in [-0.3, -0.25) is 4.79 Å². The van der Waals surface area contributed by atoms with E-state index in [0.717, 1.165) is 0 Å². The number of rotatable bonds is 6. The molecule has 0 saturated heterocycles. The highest BCUT2D eigenvalue weighted by atomic mass is 16.5. The number of primary amides is 1. The predicted molar refractivity (Wildman–Crippen MR) is 51.7 cm³/mol. The van der Waals surface area contributed by atoms with Crippen LogP contribution in [0.25, 0.3) is 0 Å². The molecule has 0 fully saturated rings. The molecule has 82 valence electrons. The predicted octanol–water partition coefficient (Wildman–Crippen LogP) is -0.804. The Hall–Kier alpha value is -1.30. The van der Waals surface area contributed by atoms with Crippen molar-refractivity contribution in [3.05, 3.63) is 0 Å². The van der Waals surface area contributed by atoms with Gasteiger partial charge in [0, 0.05) is 12.6 Å². The summed E-state index contributed by atoms with van der Waals surface area (Å²) < 4.78 is 4.83. The normalized spacial score (nSPS) is 9.93. The van der Waals surface area contributed by atoms with E-state index in [9.17, 15) is 9.59 Å². The van der Waals surface area contributed by atoms with E-state index < -0.39 is 5.91 Å². The van der Waals surface area contributed by atoms with E-state index in [1.807, 2.05) is 13.8 Å². The molecule has 0 heterocycles. The van der Waals surface area contributed by atoms with Crippen LogP contribution in [-0.2, 0) is 9.53 Å². The van der Waals surface area contributed by atoms with Crippen LogP contribution in [0.15, 0.2) is 0 Å². The third kappa shape index (κ3) is 8.79. The fourth-order valence-electron chi connectivity index (χ4n) is 0.723. The van der Waals surface area contributed by atoms with Gasteiger partial charge in [0.1, 0.15) is 6.61 Å². The molecule has 0 unspecified atom stereocenters. The molecule has 0 saturated carbocycles. The lowest BCUT2D eigenvalue weighted by atomic mass is 10.4. The van der Waals surface area contributed by atoms with Crippen LogP contribution in [0.2, 0.25) is 0 Å². The number of hydrogen-bond acceptors (Lipinski definition) is 3. The Morgan fingerprint density at radius 2 is 2.07 bits per heavy atom.